The minimum absolute atomic E-state index is 0.284. The highest BCUT2D eigenvalue weighted by atomic mass is 15.8. The van der Waals surface area contributed by atoms with Crippen LogP contribution in [0.4, 0.5) is 0 Å². The Kier molecular flexibility index (Phi) is 3.27. The maximum Gasteiger partial charge on any atom is 0.0946 e. The molecule has 0 saturated carbocycles. The van der Waals surface area contributed by atoms with Crippen LogP contribution in [0, 0.1) is 0 Å². The molecule has 2 N–H and O–H groups in total. The third kappa shape index (κ3) is 2.40. The SMILES string of the molecule is CCCC1(C)NN1CCN1NC1(C)CCC. The molecule has 0 aromatic carbocycles. The average Bonchev–Trinajstić information content (AvgIpc) is 3.03. The molecule has 2 aliphatic rings. The molecule has 0 spiro atoms. The summed E-state index contributed by atoms with van der Waals surface area (Å²) in [6.45, 7) is 11.3. The van der Waals surface area contributed by atoms with Crippen molar-refractivity contribution in [3.63, 3.8) is 0 Å². The highest BCUT2D eigenvalue weighted by molar-refractivity contribution is 4.97. The number of hydrazine groups is 2. The van der Waals surface area contributed by atoms with Gasteiger partial charge in [-0.3, -0.25) is 0 Å². The van der Waals surface area contributed by atoms with E-state index in [2.05, 4.69) is 48.6 Å². The van der Waals surface area contributed by atoms with E-state index in [9.17, 15) is 0 Å². The Morgan fingerprint density at radius 2 is 1.19 bits per heavy atom. The first-order valence-corrected chi connectivity index (χ1v) is 6.65. The van der Waals surface area contributed by atoms with Gasteiger partial charge in [-0.1, -0.05) is 26.7 Å². The minimum Gasteiger partial charge on any atom is -0.232 e. The molecule has 0 aromatic rings. The van der Waals surface area contributed by atoms with E-state index in [1.165, 1.54) is 25.7 Å². The largest absolute Gasteiger partial charge is 0.232 e. The molecule has 4 unspecified atom stereocenters. The van der Waals surface area contributed by atoms with Crippen LogP contribution >= 0.6 is 0 Å². The van der Waals surface area contributed by atoms with E-state index in [1.54, 1.807) is 0 Å². The molecule has 0 aliphatic carbocycles. The lowest BCUT2D eigenvalue weighted by atomic mass is 10.1. The topological polar surface area (TPSA) is 49.9 Å². The first-order chi connectivity index (χ1) is 7.54. The van der Waals surface area contributed by atoms with Crippen LogP contribution < -0.4 is 10.9 Å². The van der Waals surface area contributed by atoms with E-state index in [0.29, 0.717) is 0 Å². The summed E-state index contributed by atoms with van der Waals surface area (Å²) >= 11 is 0. The normalized spacial score (nSPS) is 45.8. The molecular weight excluding hydrogens is 200 g/mol. The van der Waals surface area contributed by atoms with Crippen molar-refractivity contribution in [3.8, 4) is 0 Å². The van der Waals surface area contributed by atoms with Crippen molar-refractivity contribution in [3.05, 3.63) is 0 Å². The molecule has 2 saturated heterocycles. The van der Waals surface area contributed by atoms with Crippen LogP contribution in [0.1, 0.15) is 53.4 Å². The molecule has 4 atom stereocenters. The first-order valence-electron chi connectivity index (χ1n) is 6.65. The standard InChI is InChI=1S/C12H26N4/c1-5-7-11(3)13-15(11)9-10-16-12(4,14-16)8-6-2/h13-14H,5-10H2,1-4H3. The molecule has 2 fully saturated rings. The molecule has 2 rings (SSSR count). The van der Waals surface area contributed by atoms with Crippen LogP contribution in [0.5, 0.6) is 0 Å². The van der Waals surface area contributed by atoms with Crippen LogP contribution in [0.3, 0.4) is 0 Å². The number of hydrogen-bond donors (Lipinski definition) is 2. The van der Waals surface area contributed by atoms with Gasteiger partial charge < -0.3 is 0 Å². The Labute approximate surface area is 99.3 Å². The number of rotatable bonds is 7. The van der Waals surface area contributed by atoms with Crippen LogP contribution in [-0.4, -0.2) is 34.4 Å². The molecule has 0 aromatic heterocycles. The van der Waals surface area contributed by atoms with Gasteiger partial charge in [-0.05, 0) is 26.7 Å². The van der Waals surface area contributed by atoms with Gasteiger partial charge in [0.25, 0.3) is 0 Å². The average molecular weight is 226 g/mol. The van der Waals surface area contributed by atoms with E-state index < -0.39 is 0 Å². The Morgan fingerprint density at radius 1 is 0.812 bits per heavy atom. The maximum atomic E-state index is 3.47. The zero-order valence-electron chi connectivity index (χ0n) is 11.1. The predicted octanol–water partition coefficient (Wildman–Crippen LogP) is 1.66. The number of nitrogens with zero attached hydrogens (tertiary/aromatic N) is 2. The summed E-state index contributed by atoms with van der Waals surface area (Å²) in [6.07, 6.45) is 4.98. The summed E-state index contributed by atoms with van der Waals surface area (Å²) in [5.74, 6) is 0. The number of hydrogen-bond acceptors (Lipinski definition) is 4. The fraction of sp³-hybridized carbons (Fsp3) is 1.00. The Hall–Kier alpha value is -0.160. The van der Waals surface area contributed by atoms with Gasteiger partial charge in [0, 0.05) is 13.1 Å². The van der Waals surface area contributed by atoms with Crippen molar-refractivity contribution in [2.45, 2.75) is 64.7 Å². The van der Waals surface area contributed by atoms with Crippen LogP contribution in [0.25, 0.3) is 0 Å². The molecule has 94 valence electrons. The molecule has 2 aliphatic heterocycles. The summed E-state index contributed by atoms with van der Waals surface area (Å²) in [6, 6.07) is 0. The van der Waals surface area contributed by atoms with Gasteiger partial charge in [-0.25, -0.2) is 20.9 Å². The highest BCUT2D eigenvalue weighted by Crippen LogP contribution is 2.32. The van der Waals surface area contributed by atoms with Crippen LogP contribution in [-0.2, 0) is 0 Å². The predicted molar refractivity (Wildman–Crippen MR) is 66.3 cm³/mol. The van der Waals surface area contributed by atoms with E-state index in [1.807, 2.05) is 0 Å². The van der Waals surface area contributed by atoms with E-state index in [4.69, 9.17) is 0 Å². The first kappa shape index (κ1) is 12.3. The lowest BCUT2D eigenvalue weighted by Gasteiger charge is -2.10. The molecule has 4 nitrogen and oxygen atoms in total. The highest BCUT2D eigenvalue weighted by Gasteiger charge is 2.49. The Balaban J connectivity index is 1.64. The molecular formula is C12H26N4. The fourth-order valence-electron chi connectivity index (χ4n) is 2.69. The van der Waals surface area contributed by atoms with Crippen molar-refractivity contribution in [2.24, 2.45) is 0 Å². The smallest absolute Gasteiger partial charge is 0.0946 e. The lowest BCUT2D eigenvalue weighted by Crippen LogP contribution is -2.23. The van der Waals surface area contributed by atoms with Gasteiger partial charge in [0.05, 0.1) is 11.3 Å². The van der Waals surface area contributed by atoms with E-state index in [-0.39, 0.29) is 11.3 Å². The van der Waals surface area contributed by atoms with E-state index >= 15 is 0 Å². The minimum atomic E-state index is 0.284. The van der Waals surface area contributed by atoms with Crippen LogP contribution in [0.2, 0.25) is 0 Å². The second-order valence-electron chi connectivity index (χ2n) is 5.57. The van der Waals surface area contributed by atoms with Gasteiger partial charge >= 0.3 is 0 Å². The summed E-state index contributed by atoms with van der Waals surface area (Å²) < 4.78 is 0. The van der Waals surface area contributed by atoms with Crippen molar-refractivity contribution < 1.29 is 0 Å². The molecule has 16 heavy (non-hydrogen) atoms. The molecule has 0 bridgehead atoms. The van der Waals surface area contributed by atoms with Crippen molar-refractivity contribution in [2.75, 3.05) is 13.1 Å². The van der Waals surface area contributed by atoms with Crippen LogP contribution in [0.15, 0.2) is 0 Å². The molecule has 2 heterocycles. The zero-order valence-corrected chi connectivity index (χ0v) is 11.1. The van der Waals surface area contributed by atoms with Crippen molar-refractivity contribution >= 4 is 0 Å². The van der Waals surface area contributed by atoms with Gasteiger partial charge in [0.1, 0.15) is 0 Å². The Morgan fingerprint density at radius 3 is 1.50 bits per heavy atom. The van der Waals surface area contributed by atoms with Crippen molar-refractivity contribution in [1.29, 1.82) is 0 Å². The van der Waals surface area contributed by atoms with Gasteiger partial charge in [-0.2, -0.15) is 0 Å². The summed E-state index contributed by atoms with van der Waals surface area (Å²) in [4.78, 5) is 0. The Bertz CT molecular complexity index is 231. The maximum absolute atomic E-state index is 3.47. The van der Waals surface area contributed by atoms with Gasteiger partial charge in [-0.15, -0.1) is 0 Å². The van der Waals surface area contributed by atoms with E-state index in [0.717, 1.165) is 13.1 Å². The quantitative estimate of drug-likeness (QED) is 0.648. The third-order valence-corrected chi connectivity index (χ3v) is 3.86. The van der Waals surface area contributed by atoms with Crippen molar-refractivity contribution in [1.82, 2.24) is 20.9 Å². The van der Waals surface area contributed by atoms with Gasteiger partial charge in [0.15, 0.2) is 0 Å². The summed E-state index contributed by atoms with van der Waals surface area (Å²) in [7, 11) is 0. The second kappa shape index (κ2) is 4.26. The zero-order chi connectivity index (χ0) is 11.8. The van der Waals surface area contributed by atoms with Gasteiger partial charge in [0.2, 0.25) is 0 Å². The summed E-state index contributed by atoms with van der Waals surface area (Å²) in [5.41, 5.74) is 7.50. The summed E-state index contributed by atoms with van der Waals surface area (Å²) in [5, 5.41) is 4.73. The molecule has 0 amide bonds. The fourth-order valence-corrected chi connectivity index (χ4v) is 2.69. The monoisotopic (exact) mass is 226 g/mol. The third-order valence-electron chi connectivity index (χ3n) is 3.86. The molecule has 0 radical (unpaired) electrons. The lowest BCUT2D eigenvalue weighted by molar-refractivity contribution is 0.327. The number of nitrogens with one attached hydrogen (secondary N) is 2. The molecule has 4 heteroatoms. The second-order valence-corrected chi connectivity index (χ2v) is 5.57.